The van der Waals surface area contributed by atoms with E-state index < -0.39 is 0 Å². The number of likely N-dealkylation sites (tertiary alicyclic amines) is 1. The number of nitrogens with zero attached hydrogens (tertiary/aromatic N) is 1. The van der Waals surface area contributed by atoms with Crippen LogP contribution in [0.15, 0.2) is 12.2 Å². The summed E-state index contributed by atoms with van der Waals surface area (Å²) in [6.07, 6.45) is 10.5. The number of allylic oxidation sites excluding steroid dienone is 2. The second kappa shape index (κ2) is 7.65. The third-order valence-electron chi connectivity index (χ3n) is 4.07. The van der Waals surface area contributed by atoms with E-state index in [-0.39, 0.29) is 5.92 Å². The SMILES string of the molecule is NCCCOC1CCN(C(=O)C2CC=CCC2)CC1. The van der Waals surface area contributed by atoms with Gasteiger partial charge in [-0.25, -0.2) is 0 Å². The molecule has 0 aromatic carbocycles. The van der Waals surface area contributed by atoms with Gasteiger partial charge in [-0.05, 0) is 45.1 Å². The van der Waals surface area contributed by atoms with Gasteiger partial charge in [0.15, 0.2) is 0 Å². The van der Waals surface area contributed by atoms with E-state index in [9.17, 15) is 4.79 Å². The highest BCUT2D eigenvalue weighted by molar-refractivity contribution is 5.79. The second-order valence-corrected chi connectivity index (χ2v) is 5.52. The monoisotopic (exact) mass is 266 g/mol. The minimum atomic E-state index is 0.222. The zero-order valence-corrected chi connectivity index (χ0v) is 11.7. The lowest BCUT2D eigenvalue weighted by Gasteiger charge is -2.34. The van der Waals surface area contributed by atoms with E-state index in [0.717, 1.165) is 58.2 Å². The minimum Gasteiger partial charge on any atom is -0.378 e. The van der Waals surface area contributed by atoms with Crippen LogP contribution in [0.3, 0.4) is 0 Å². The number of ether oxygens (including phenoxy) is 1. The molecule has 2 rings (SSSR count). The average molecular weight is 266 g/mol. The van der Waals surface area contributed by atoms with E-state index in [2.05, 4.69) is 12.2 Å². The first-order valence-electron chi connectivity index (χ1n) is 7.56. The molecular weight excluding hydrogens is 240 g/mol. The van der Waals surface area contributed by atoms with Crippen molar-refractivity contribution in [1.29, 1.82) is 0 Å². The Bertz CT molecular complexity index is 309. The largest absolute Gasteiger partial charge is 0.378 e. The molecule has 1 amide bonds. The molecule has 0 saturated carbocycles. The molecule has 2 aliphatic rings. The van der Waals surface area contributed by atoms with E-state index >= 15 is 0 Å². The standard InChI is InChI=1S/C15H26N2O2/c16-9-4-12-19-14-7-10-17(11-8-14)15(18)13-5-2-1-3-6-13/h1-2,13-14H,3-12,16H2. The lowest BCUT2D eigenvalue weighted by Crippen LogP contribution is -2.43. The van der Waals surface area contributed by atoms with Crippen molar-refractivity contribution in [2.45, 2.75) is 44.6 Å². The van der Waals surface area contributed by atoms with Crippen LogP contribution < -0.4 is 5.73 Å². The van der Waals surface area contributed by atoms with Crippen molar-refractivity contribution < 1.29 is 9.53 Å². The Balaban J connectivity index is 1.70. The van der Waals surface area contributed by atoms with Gasteiger partial charge in [0.05, 0.1) is 6.10 Å². The van der Waals surface area contributed by atoms with Crippen molar-refractivity contribution in [3.05, 3.63) is 12.2 Å². The smallest absolute Gasteiger partial charge is 0.226 e. The minimum absolute atomic E-state index is 0.222. The Morgan fingerprint density at radius 1 is 1.26 bits per heavy atom. The Morgan fingerprint density at radius 3 is 2.68 bits per heavy atom. The van der Waals surface area contributed by atoms with E-state index in [4.69, 9.17) is 10.5 Å². The van der Waals surface area contributed by atoms with Gasteiger partial charge in [0, 0.05) is 25.6 Å². The second-order valence-electron chi connectivity index (χ2n) is 5.52. The zero-order chi connectivity index (χ0) is 13.5. The summed E-state index contributed by atoms with van der Waals surface area (Å²) >= 11 is 0. The van der Waals surface area contributed by atoms with E-state index in [1.807, 2.05) is 4.90 Å². The number of hydrogen-bond acceptors (Lipinski definition) is 3. The molecule has 1 aliphatic carbocycles. The van der Waals surface area contributed by atoms with Crippen LogP contribution in [-0.4, -0.2) is 43.2 Å². The molecule has 1 heterocycles. The number of rotatable bonds is 5. The van der Waals surface area contributed by atoms with Crippen molar-refractivity contribution in [3.8, 4) is 0 Å². The summed E-state index contributed by atoms with van der Waals surface area (Å²) in [5.41, 5.74) is 5.45. The van der Waals surface area contributed by atoms with Gasteiger partial charge in [0.2, 0.25) is 5.91 Å². The first-order valence-corrected chi connectivity index (χ1v) is 7.56. The van der Waals surface area contributed by atoms with Crippen LogP contribution in [0.25, 0.3) is 0 Å². The molecule has 4 heteroatoms. The molecular formula is C15H26N2O2. The van der Waals surface area contributed by atoms with Crippen molar-refractivity contribution in [2.24, 2.45) is 11.7 Å². The van der Waals surface area contributed by atoms with Crippen LogP contribution in [0.5, 0.6) is 0 Å². The number of nitrogens with two attached hydrogens (primary N) is 1. The van der Waals surface area contributed by atoms with Gasteiger partial charge < -0.3 is 15.4 Å². The summed E-state index contributed by atoms with van der Waals surface area (Å²) in [7, 11) is 0. The Morgan fingerprint density at radius 2 is 2.05 bits per heavy atom. The normalized spacial score (nSPS) is 24.7. The van der Waals surface area contributed by atoms with Crippen LogP contribution in [0, 0.1) is 5.92 Å². The van der Waals surface area contributed by atoms with Crippen LogP contribution in [0.2, 0.25) is 0 Å². The fourth-order valence-corrected chi connectivity index (χ4v) is 2.85. The highest BCUT2D eigenvalue weighted by atomic mass is 16.5. The van der Waals surface area contributed by atoms with E-state index in [1.165, 1.54) is 0 Å². The quantitative estimate of drug-likeness (QED) is 0.608. The third-order valence-corrected chi connectivity index (χ3v) is 4.07. The van der Waals surface area contributed by atoms with Gasteiger partial charge in [-0.15, -0.1) is 0 Å². The van der Waals surface area contributed by atoms with E-state index in [1.54, 1.807) is 0 Å². The maximum atomic E-state index is 12.4. The summed E-state index contributed by atoms with van der Waals surface area (Å²) in [6, 6.07) is 0. The summed E-state index contributed by atoms with van der Waals surface area (Å²) in [5, 5.41) is 0. The first kappa shape index (κ1) is 14.5. The maximum Gasteiger partial charge on any atom is 0.226 e. The molecule has 0 spiro atoms. The molecule has 1 atom stereocenters. The fraction of sp³-hybridized carbons (Fsp3) is 0.800. The summed E-state index contributed by atoms with van der Waals surface area (Å²) in [4.78, 5) is 14.4. The van der Waals surface area contributed by atoms with Gasteiger partial charge in [-0.1, -0.05) is 12.2 Å². The molecule has 1 unspecified atom stereocenters. The van der Waals surface area contributed by atoms with Crippen molar-refractivity contribution in [2.75, 3.05) is 26.2 Å². The molecule has 4 nitrogen and oxygen atoms in total. The Labute approximate surface area is 116 Å². The van der Waals surface area contributed by atoms with Gasteiger partial charge in [-0.2, -0.15) is 0 Å². The number of carbonyl (C=O) groups is 1. The average Bonchev–Trinajstić information content (AvgIpc) is 2.48. The molecule has 1 saturated heterocycles. The Hall–Kier alpha value is -0.870. The van der Waals surface area contributed by atoms with Gasteiger partial charge in [0.25, 0.3) is 0 Å². The van der Waals surface area contributed by atoms with Crippen molar-refractivity contribution in [1.82, 2.24) is 4.90 Å². The highest BCUT2D eigenvalue weighted by Gasteiger charge is 2.28. The van der Waals surface area contributed by atoms with Crippen LogP contribution >= 0.6 is 0 Å². The van der Waals surface area contributed by atoms with Crippen LogP contribution in [0.1, 0.15) is 38.5 Å². The summed E-state index contributed by atoms with van der Waals surface area (Å²) < 4.78 is 5.77. The lowest BCUT2D eigenvalue weighted by molar-refractivity contribution is -0.138. The molecule has 2 N–H and O–H groups in total. The fourth-order valence-electron chi connectivity index (χ4n) is 2.85. The first-order chi connectivity index (χ1) is 9.31. The predicted octanol–water partition coefficient (Wildman–Crippen LogP) is 1.70. The third kappa shape index (κ3) is 4.32. The Kier molecular flexibility index (Phi) is 5.86. The molecule has 0 radical (unpaired) electrons. The number of hydrogen-bond donors (Lipinski definition) is 1. The van der Waals surface area contributed by atoms with Crippen LogP contribution in [0.4, 0.5) is 0 Å². The number of amides is 1. The van der Waals surface area contributed by atoms with Crippen molar-refractivity contribution >= 4 is 5.91 Å². The zero-order valence-electron chi connectivity index (χ0n) is 11.7. The highest BCUT2D eigenvalue weighted by Crippen LogP contribution is 2.23. The number of piperidine rings is 1. The van der Waals surface area contributed by atoms with Gasteiger partial charge >= 0.3 is 0 Å². The van der Waals surface area contributed by atoms with Crippen LogP contribution in [-0.2, 0) is 9.53 Å². The van der Waals surface area contributed by atoms with Crippen molar-refractivity contribution in [3.63, 3.8) is 0 Å². The molecule has 108 valence electrons. The lowest BCUT2D eigenvalue weighted by atomic mass is 9.92. The molecule has 0 aromatic rings. The molecule has 19 heavy (non-hydrogen) atoms. The topological polar surface area (TPSA) is 55.6 Å². The molecule has 0 aromatic heterocycles. The van der Waals surface area contributed by atoms with E-state index in [0.29, 0.717) is 18.6 Å². The predicted molar refractivity (Wildman–Crippen MR) is 75.7 cm³/mol. The van der Waals surface area contributed by atoms with Gasteiger partial charge in [-0.3, -0.25) is 4.79 Å². The van der Waals surface area contributed by atoms with Gasteiger partial charge in [0.1, 0.15) is 0 Å². The molecule has 0 bridgehead atoms. The molecule has 1 fully saturated rings. The maximum absolute atomic E-state index is 12.4. The summed E-state index contributed by atoms with van der Waals surface area (Å²) in [5.74, 6) is 0.574. The molecule has 1 aliphatic heterocycles. The summed E-state index contributed by atoms with van der Waals surface area (Å²) in [6.45, 7) is 3.15. The number of carbonyl (C=O) groups excluding carboxylic acids is 1.